The highest BCUT2D eigenvalue weighted by atomic mass is 16.5. The summed E-state index contributed by atoms with van der Waals surface area (Å²) < 4.78 is 10.2. The molecule has 0 aliphatic rings. The summed E-state index contributed by atoms with van der Waals surface area (Å²) in [6.07, 6.45) is 0. The summed E-state index contributed by atoms with van der Waals surface area (Å²) in [5, 5.41) is 9.57. The molecule has 1 aromatic rings. The first-order valence-electron chi connectivity index (χ1n) is 4.79. The smallest absolute Gasteiger partial charge is 0.161 e. The van der Waals surface area contributed by atoms with Gasteiger partial charge in [-0.25, -0.2) is 0 Å². The zero-order chi connectivity index (χ0) is 11.4. The van der Waals surface area contributed by atoms with Gasteiger partial charge in [0.05, 0.1) is 14.2 Å². The molecule has 0 saturated carbocycles. The standard InChI is InChI=1S/C11H17NO3/c1-7(6-12)8-4-11(15-3)9(13)5-10(8)14-2/h4-5,7,13H,6,12H2,1-3H3. The summed E-state index contributed by atoms with van der Waals surface area (Å²) in [6, 6.07) is 3.30. The average molecular weight is 211 g/mol. The normalized spacial score (nSPS) is 12.3. The third-order valence-electron chi connectivity index (χ3n) is 2.42. The van der Waals surface area contributed by atoms with E-state index in [2.05, 4.69) is 0 Å². The topological polar surface area (TPSA) is 64.7 Å². The predicted octanol–water partition coefficient (Wildman–Crippen LogP) is 1.47. The van der Waals surface area contributed by atoms with E-state index in [0.29, 0.717) is 18.0 Å². The Bertz CT molecular complexity index is 339. The van der Waals surface area contributed by atoms with Crippen molar-refractivity contribution in [2.45, 2.75) is 12.8 Å². The number of benzene rings is 1. The second-order valence-electron chi connectivity index (χ2n) is 3.40. The minimum atomic E-state index is 0.0716. The number of hydrogen-bond donors (Lipinski definition) is 2. The lowest BCUT2D eigenvalue weighted by Gasteiger charge is -2.16. The highest BCUT2D eigenvalue weighted by Gasteiger charge is 2.14. The highest BCUT2D eigenvalue weighted by molar-refractivity contribution is 5.51. The van der Waals surface area contributed by atoms with Gasteiger partial charge in [-0.05, 0) is 18.5 Å². The van der Waals surface area contributed by atoms with Gasteiger partial charge in [-0.3, -0.25) is 0 Å². The summed E-state index contributed by atoms with van der Waals surface area (Å²) in [5.74, 6) is 1.30. The maximum absolute atomic E-state index is 9.57. The van der Waals surface area contributed by atoms with Crippen molar-refractivity contribution in [1.82, 2.24) is 0 Å². The van der Waals surface area contributed by atoms with Crippen LogP contribution in [-0.4, -0.2) is 25.9 Å². The van der Waals surface area contributed by atoms with E-state index in [-0.39, 0.29) is 11.7 Å². The molecule has 0 aromatic heterocycles. The number of phenolic OH excluding ortho intramolecular Hbond substituents is 1. The molecule has 1 aromatic carbocycles. The van der Waals surface area contributed by atoms with Gasteiger partial charge in [0.15, 0.2) is 11.5 Å². The lowest BCUT2D eigenvalue weighted by Crippen LogP contribution is -2.10. The van der Waals surface area contributed by atoms with Crippen LogP contribution in [0.4, 0.5) is 0 Å². The van der Waals surface area contributed by atoms with E-state index in [4.69, 9.17) is 15.2 Å². The molecule has 4 nitrogen and oxygen atoms in total. The molecule has 84 valence electrons. The molecule has 0 spiro atoms. The number of nitrogens with two attached hydrogens (primary N) is 1. The van der Waals surface area contributed by atoms with Crippen molar-refractivity contribution in [2.24, 2.45) is 5.73 Å². The van der Waals surface area contributed by atoms with Gasteiger partial charge in [-0.15, -0.1) is 0 Å². The molecule has 1 atom stereocenters. The molecular weight excluding hydrogens is 194 g/mol. The van der Waals surface area contributed by atoms with Gasteiger partial charge in [0.1, 0.15) is 5.75 Å². The van der Waals surface area contributed by atoms with Crippen molar-refractivity contribution in [3.8, 4) is 17.2 Å². The maximum atomic E-state index is 9.57. The van der Waals surface area contributed by atoms with Gasteiger partial charge in [0, 0.05) is 11.6 Å². The zero-order valence-corrected chi connectivity index (χ0v) is 9.28. The Hall–Kier alpha value is -1.42. The maximum Gasteiger partial charge on any atom is 0.161 e. The SMILES string of the molecule is COc1cc(C(C)CN)c(OC)cc1O. The van der Waals surface area contributed by atoms with Crippen LogP contribution in [0.5, 0.6) is 17.2 Å². The van der Waals surface area contributed by atoms with Gasteiger partial charge < -0.3 is 20.3 Å². The van der Waals surface area contributed by atoms with Gasteiger partial charge >= 0.3 is 0 Å². The minimum absolute atomic E-state index is 0.0716. The first kappa shape index (κ1) is 11.7. The number of methoxy groups -OCH3 is 2. The molecule has 1 unspecified atom stereocenters. The van der Waals surface area contributed by atoms with Gasteiger partial charge in [0.2, 0.25) is 0 Å². The summed E-state index contributed by atoms with van der Waals surface area (Å²) in [4.78, 5) is 0. The highest BCUT2D eigenvalue weighted by Crippen LogP contribution is 2.36. The monoisotopic (exact) mass is 211 g/mol. The summed E-state index contributed by atoms with van der Waals surface area (Å²) in [5.41, 5.74) is 6.54. The molecule has 1 rings (SSSR count). The third-order valence-corrected chi connectivity index (χ3v) is 2.42. The lowest BCUT2D eigenvalue weighted by molar-refractivity contribution is 0.362. The van der Waals surface area contributed by atoms with E-state index in [1.807, 2.05) is 6.92 Å². The van der Waals surface area contributed by atoms with Crippen molar-refractivity contribution in [2.75, 3.05) is 20.8 Å². The first-order chi connectivity index (χ1) is 7.13. The van der Waals surface area contributed by atoms with Crippen LogP contribution in [0.2, 0.25) is 0 Å². The molecule has 0 bridgehead atoms. The summed E-state index contributed by atoms with van der Waals surface area (Å²) >= 11 is 0. The van der Waals surface area contributed by atoms with Gasteiger partial charge in [-0.2, -0.15) is 0 Å². The Labute approximate surface area is 89.6 Å². The van der Waals surface area contributed by atoms with Crippen molar-refractivity contribution >= 4 is 0 Å². The number of phenols is 1. The van der Waals surface area contributed by atoms with Crippen molar-refractivity contribution in [3.05, 3.63) is 17.7 Å². The Morgan fingerprint density at radius 2 is 1.87 bits per heavy atom. The second kappa shape index (κ2) is 4.89. The molecule has 0 fully saturated rings. The fourth-order valence-electron chi connectivity index (χ4n) is 1.42. The van der Waals surface area contributed by atoms with E-state index >= 15 is 0 Å². The van der Waals surface area contributed by atoms with Crippen LogP contribution in [0.3, 0.4) is 0 Å². The molecule has 3 N–H and O–H groups in total. The molecule has 0 amide bonds. The Morgan fingerprint density at radius 3 is 2.33 bits per heavy atom. The fourth-order valence-corrected chi connectivity index (χ4v) is 1.42. The van der Waals surface area contributed by atoms with Crippen molar-refractivity contribution < 1.29 is 14.6 Å². The fraction of sp³-hybridized carbons (Fsp3) is 0.455. The zero-order valence-electron chi connectivity index (χ0n) is 9.28. The molecule has 0 heterocycles. The van der Waals surface area contributed by atoms with Gasteiger partial charge in [0.25, 0.3) is 0 Å². The number of hydrogen-bond acceptors (Lipinski definition) is 4. The van der Waals surface area contributed by atoms with E-state index in [1.54, 1.807) is 19.2 Å². The van der Waals surface area contributed by atoms with Gasteiger partial charge in [-0.1, -0.05) is 6.92 Å². The molecule has 0 saturated heterocycles. The second-order valence-corrected chi connectivity index (χ2v) is 3.40. The quantitative estimate of drug-likeness (QED) is 0.791. The van der Waals surface area contributed by atoms with Crippen LogP contribution in [0.25, 0.3) is 0 Å². The Balaban J connectivity index is 3.22. The van der Waals surface area contributed by atoms with Crippen molar-refractivity contribution in [1.29, 1.82) is 0 Å². The molecule has 0 aliphatic carbocycles. The van der Waals surface area contributed by atoms with E-state index < -0.39 is 0 Å². The minimum Gasteiger partial charge on any atom is -0.504 e. The molecule has 0 radical (unpaired) electrons. The molecule has 4 heteroatoms. The number of aromatic hydroxyl groups is 1. The first-order valence-corrected chi connectivity index (χ1v) is 4.79. The molecule has 15 heavy (non-hydrogen) atoms. The Kier molecular flexibility index (Phi) is 3.80. The molecular formula is C11H17NO3. The van der Waals surface area contributed by atoms with E-state index in [1.165, 1.54) is 7.11 Å². The summed E-state index contributed by atoms with van der Waals surface area (Å²) in [6.45, 7) is 2.51. The predicted molar refractivity (Wildman–Crippen MR) is 58.7 cm³/mol. The largest absolute Gasteiger partial charge is 0.504 e. The van der Waals surface area contributed by atoms with Crippen molar-refractivity contribution in [3.63, 3.8) is 0 Å². The van der Waals surface area contributed by atoms with Crippen LogP contribution >= 0.6 is 0 Å². The number of rotatable bonds is 4. The molecule has 0 aliphatic heterocycles. The number of ether oxygens (including phenoxy) is 2. The average Bonchev–Trinajstić information content (AvgIpc) is 2.27. The third kappa shape index (κ3) is 2.33. The van der Waals surface area contributed by atoms with Crippen LogP contribution in [0.1, 0.15) is 18.4 Å². The lowest BCUT2D eigenvalue weighted by atomic mass is 9.99. The van der Waals surface area contributed by atoms with E-state index in [9.17, 15) is 5.11 Å². The van der Waals surface area contributed by atoms with Crippen LogP contribution in [-0.2, 0) is 0 Å². The van der Waals surface area contributed by atoms with Crippen LogP contribution < -0.4 is 15.2 Å². The van der Waals surface area contributed by atoms with Crippen LogP contribution in [0.15, 0.2) is 12.1 Å². The summed E-state index contributed by atoms with van der Waals surface area (Å²) in [7, 11) is 3.08. The van der Waals surface area contributed by atoms with E-state index in [0.717, 1.165) is 5.56 Å². The Morgan fingerprint density at radius 1 is 1.27 bits per heavy atom. The van der Waals surface area contributed by atoms with Crippen LogP contribution in [0, 0.1) is 0 Å².